The highest BCUT2D eigenvalue weighted by atomic mass is 16.5. The molecule has 2 rings (SSSR count). The minimum atomic E-state index is -1.05. The molecule has 1 unspecified atom stereocenters. The van der Waals surface area contributed by atoms with Crippen molar-refractivity contribution in [2.45, 2.75) is 37.1 Å². The Kier molecular flexibility index (Phi) is 3.84. The largest absolute Gasteiger partial charge is 0.479 e. The number of aliphatic carboxylic acids is 1. The van der Waals surface area contributed by atoms with E-state index < -0.39 is 23.8 Å². The van der Waals surface area contributed by atoms with Crippen LogP contribution in [-0.2, 0) is 19.1 Å². The van der Waals surface area contributed by atoms with E-state index in [2.05, 4.69) is 5.32 Å². The van der Waals surface area contributed by atoms with E-state index in [1.54, 1.807) is 0 Å². The van der Waals surface area contributed by atoms with Crippen LogP contribution in [0.1, 0.15) is 19.3 Å². The lowest BCUT2D eigenvalue weighted by atomic mass is 10.0. The van der Waals surface area contributed by atoms with Crippen LogP contribution in [0.4, 0.5) is 0 Å². The molecule has 1 amide bonds. The standard InChI is InChI=1S/C11H17NO6/c13-9(7-1-2-8(18-7)10(14)15)12-5-11(16)3-4-17-6-11/h7-8,16H,1-6H2,(H,12,13)(H,14,15)/t7-,8+,11?/m0/s1. The van der Waals surface area contributed by atoms with Gasteiger partial charge in [0.1, 0.15) is 11.7 Å². The van der Waals surface area contributed by atoms with Gasteiger partial charge in [0, 0.05) is 19.6 Å². The minimum absolute atomic E-state index is 0.101. The zero-order valence-electron chi connectivity index (χ0n) is 9.92. The first-order valence-electron chi connectivity index (χ1n) is 5.96. The Balaban J connectivity index is 1.77. The Labute approximate surface area is 104 Å². The van der Waals surface area contributed by atoms with Gasteiger partial charge in [-0.3, -0.25) is 4.79 Å². The van der Waals surface area contributed by atoms with Crippen LogP contribution in [0.25, 0.3) is 0 Å². The number of ether oxygens (including phenoxy) is 2. The molecular formula is C11H17NO6. The highest BCUT2D eigenvalue weighted by Gasteiger charge is 2.37. The van der Waals surface area contributed by atoms with Crippen molar-refractivity contribution < 1.29 is 29.3 Å². The number of rotatable bonds is 4. The zero-order valence-corrected chi connectivity index (χ0v) is 9.92. The average molecular weight is 259 g/mol. The van der Waals surface area contributed by atoms with Crippen molar-refractivity contribution in [3.8, 4) is 0 Å². The fourth-order valence-electron chi connectivity index (χ4n) is 2.11. The summed E-state index contributed by atoms with van der Waals surface area (Å²) >= 11 is 0. The van der Waals surface area contributed by atoms with E-state index in [9.17, 15) is 14.7 Å². The number of carbonyl (C=O) groups excluding carboxylic acids is 1. The summed E-state index contributed by atoms with van der Waals surface area (Å²) in [5.74, 6) is -1.42. The maximum absolute atomic E-state index is 11.7. The van der Waals surface area contributed by atoms with Crippen LogP contribution in [0.2, 0.25) is 0 Å². The van der Waals surface area contributed by atoms with Crippen LogP contribution < -0.4 is 5.32 Å². The summed E-state index contributed by atoms with van der Waals surface area (Å²) in [5.41, 5.74) is -1.01. The summed E-state index contributed by atoms with van der Waals surface area (Å²) < 4.78 is 10.2. The lowest BCUT2D eigenvalue weighted by molar-refractivity contribution is -0.152. The summed E-state index contributed by atoms with van der Waals surface area (Å²) in [6.45, 7) is 0.785. The van der Waals surface area contributed by atoms with Gasteiger partial charge in [-0.15, -0.1) is 0 Å². The first kappa shape index (κ1) is 13.3. The molecule has 0 radical (unpaired) electrons. The zero-order chi connectivity index (χ0) is 13.2. The Morgan fingerprint density at radius 3 is 2.61 bits per heavy atom. The Morgan fingerprint density at radius 2 is 2.06 bits per heavy atom. The monoisotopic (exact) mass is 259 g/mol. The molecule has 18 heavy (non-hydrogen) atoms. The van der Waals surface area contributed by atoms with E-state index in [0.717, 1.165) is 0 Å². The van der Waals surface area contributed by atoms with Gasteiger partial charge in [0.25, 0.3) is 0 Å². The van der Waals surface area contributed by atoms with E-state index >= 15 is 0 Å². The normalized spacial score (nSPS) is 35.6. The predicted molar refractivity (Wildman–Crippen MR) is 58.9 cm³/mol. The molecule has 0 spiro atoms. The number of amides is 1. The molecule has 0 bridgehead atoms. The van der Waals surface area contributed by atoms with Gasteiger partial charge in [-0.05, 0) is 12.8 Å². The number of carboxylic acids is 1. The number of carbonyl (C=O) groups is 2. The highest BCUT2D eigenvalue weighted by molar-refractivity contribution is 5.82. The third-order valence-corrected chi connectivity index (χ3v) is 3.26. The molecule has 7 nitrogen and oxygen atoms in total. The van der Waals surface area contributed by atoms with Crippen LogP contribution >= 0.6 is 0 Å². The predicted octanol–water partition coefficient (Wildman–Crippen LogP) is -1.11. The fraction of sp³-hybridized carbons (Fsp3) is 0.818. The van der Waals surface area contributed by atoms with Crippen LogP contribution in [0.3, 0.4) is 0 Å². The Hall–Kier alpha value is -1.18. The summed E-state index contributed by atoms with van der Waals surface area (Å²) in [6, 6.07) is 0. The van der Waals surface area contributed by atoms with Crippen LogP contribution in [0.15, 0.2) is 0 Å². The van der Waals surface area contributed by atoms with Crippen LogP contribution in [0, 0.1) is 0 Å². The topological polar surface area (TPSA) is 105 Å². The fourth-order valence-corrected chi connectivity index (χ4v) is 2.11. The van der Waals surface area contributed by atoms with Crippen molar-refractivity contribution in [1.29, 1.82) is 0 Å². The highest BCUT2D eigenvalue weighted by Crippen LogP contribution is 2.21. The van der Waals surface area contributed by atoms with Crippen molar-refractivity contribution in [2.24, 2.45) is 0 Å². The number of carboxylic acid groups (broad SMARTS) is 1. The van der Waals surface area contributed by atoms with E-state index in [0.29, 0.717) is 25.9 Å². The molecule has 2 fully saturated rings. The molecule has 0 saturated carbocycles. The number of nitrogens with one attached hydrogen (secondary N) is 1. The summed E-state index contributed by atoms with van der Waals surface area (Å²) in [7, 11) is 0. The second-order valence-corrected chi connectivity index (χ2v) is 4.77. The Bertz CT molecular complexity index is 338. The molecule has 0 aromatic heterocycles. The van der Waals surface area contributed by atoms with E-state index in [1.807, 2.05) is 0 Å². The molecule has 2 aliphatic heterocycles. The van der Waals surface area contributed by atoms with Crippen molar-refractivity contribution in [2.75, 3.05) is 19.8 Å². The molecule has 0 aromatic carbocycles. The summed E-state index contributed by atoms with van der Waals surface area (Å²) in [6.07, 6.45) is -0.439. The number of aliphatic hydroxyl groups is 1. The average Bonchev–Trinajstić information content (AvgIpc) is 2.95. The van der Waals surface area contributed by atoms with Gasteiger partial charge in [0.05, 0.1) is 6.61 Å². The smallest absolute Gasteiger partial charge is 0.332 e. The molecule has 2 heterocycles. The third kappa shape index (κ3) is 2.98. The molecule has 0 aromatic rings. The molecule has 7 heteroatoms. The van der Waals surface area contributed by atoms with Crippen molar-refractivity contribution in [1.82, 2.24) is 5.32 Å². The summed E-state index contributed by atoms with van der Waals surface area (Å²) in [5, 5.41) is 21.3. The van der Waals surface area contributed by atoms with E-state index in [1.165, 1.54) is 0 Å². The quantitative estimate of drug-likeness (QED) is 0.591. The first-order chi connectivity index (χ1) is 8.50. The molecule has 3 N–H and O–H groups in total. The van der Waals surface area contributed by atoms with Gasteiger partial charge in [-0.25, -0.2) is 4.79 Å². The SMILES string of the molecule is O=C(NCC1(O)CCOC1)[C@@H]1CC[C@H](C(=O)O)O1. The molecule has 3 atom stereocenters. The van der Waals surface area contributed by atoms with Crippen molar-refractivity contribution >= 4 is 11.9 Å². The molecule has 0 aliphatic carbocycles. The maximum atomic E-state index is 11.7. The van der Waals surface area contributed by atoms with Gasteiger partial charge >= 0.3 is 5.97 Å². The maximum Gasteiger partial charge on any atom is 0.332 e. The lowest BCUT2D eigenvalue weighted by Crippen LogP contribution is -2.46. The van der Waals surface area contributed by atoms with E-state index in [4.69, 9.17) is 14.6 Å². The number of hydrogen-bond acceptors (Lipinski definition) is 5. The molecule has 2 aliphatic rings. The minimum Gasteiger partial charge on any atom is -0.479 e. The van der Waals surface area contributed by atoms with Gasteiger partial charge in [-0.1, -0.05) is 0 Å². The van der Waals surface area contributed by atoms with Gasteiger partial charge in [0.2, 0.25) is 5.91 Å². The first-order valence-corrected chi connectivity index (χ1v) is 5.96. The van der Waals surface area contributed by atoms with Gasteiger partial charge in [0.15, 0.2) is 6.10 Å². The lowest BCUT2D eigenvalue weighted by Gasteiger charge is -2.21. The number of hydrogen-bond donors (Lipinski definition) is 3. The second kappa shape index (κ2) is 5.21. The van der Waals surface area contributed by atoms with Crippen LogP contribution in [0.5, 0.6) is 0 Å². The molecule has 2 saturated heterocycles. The molecule has 102 valence electrons. The van der Waals surface area contributed by atoms with Crippen LogP contribution in [-0.4, -0.2) is 59.7 Å². The summed E-state index contributed by atoms with van der Waals surface area (Å²) in [4.78, 5) is 22.4. The second-order valence-electron chi connectivity index (χ2n) is 4.77. The van der Waals surface area contributed by atoms with Gasteiger partial charge in [-0.2, -0.15) is 0 Å². The Morgan fingerprint density at radius 1 is 1.33 bits per heavy atom. The third-order valence-electron chi connectivity index (χ3n) is 3.26. The van der Waals surface area contributed by atoms with Crippen molar-refractivity contribution in [3.05, 3.63) is 0 Å². The van der Waals surface area contributed by atoms with Crippen molar-refractivity contribution in [3.63, 3.8) is 0 Å². The van der Waals surface area contributed by atoms with E-state index in [-0.39, 0.29) is 19.1 Å². The van der Waals surface area contributed by atoms with Gasteiger partial charge < -0.3 is 25.0 Å². The molecular weight excluding hydrogens is 242 g/mol.